The first-order valence-electron chi connectivity index (χ1n) is 12.1. The molecule has 1 aliphatic heterocycles. The van der Waals surface area contributed by atoms with Gasteiger partial charge in [0.2, 0.25) is 0 Å². The number of hydrogen-bond donors (Lipinski definition) is 3. The molecular formula is C27H31N5O4. The summed E-state index contributed by atoms with van der Waals surface area (Å²) in [4.78, 5) is 30.8. The van der Waals surface area contributed by atoms with Gasteiger partial charge in [0.05, 0.1) is 28.9 Å². The number of nitrogens with zero attached hydrogens (tertiary/aromatic N) is 4. The van der Waals surface area contributed by atoms with Crippen LogP contribution in [-0.4, -0.2) is 66.0 Å². The number of rotatable bonds is 6. The lowest BCUT2D eigenvalue weighted by molar-refractivity contribution is 0.0632. The predicted octanol–water partition coefficient (Wildman–Crippen LogP) is 3.62. The number of carbonyl (C=O) groups is 2. The lowest BCUT2D eigenvalue weighted by Crippen LogP contribution is -2.46. The monoisotopic (exact) mass is 489 g/mol. The second-order valence-corrected chi connectivity index (χ2v) is 10.3. The standard InChI is InChI=1S/C27H31N5O4/c1-16(28-26(34)35)14-31-10-9-17-11-22-20(13-19(17)25(31)33)29-24(30(22)4)23-12-18-7-5-6-8-21(18)32(23)15-27(2,3)36/h5-8,11-13,16,28,36H,9-10,14-15H2,1-4H3,(H,34,35). The molecule has 3 heterocycles. The van der Waals surface area contributed by atoms with E-state index in [1.165, 1.54) is 0 Å². The van der Waals surface area contributed by atoms with Crippen molar-refractivity contribution in [2.45, 2.75) is 45.4 Å². The first kappa shape index (κ1) is 23.9. The third kappa shape index (κ3) is 4.30. The summed E-state index contributed by atoms with van der Waals surface area (Å²) in [6, 6.07) is 13.7. The molecule has 1 unspecified atom stereocenters. The topological polar surface area (TPSA) is 113 Å². The van der Waals surface area contributed by atoms with Gasteiger partial charge >= 0.3 is 6.09 Å². The number of carbonyl (C=O) groups excluding carboxylic acids is 1. The SMILES string of the molecule is CC(CN1CCc2cc3c(cc2C1=O)nc(-c1cc2ccccc2n1CC(C)(C)O)n3C)NC(=O)O. The average Bonchev–Trinajstić information content (AvgIpc) is 3.30. The fourth-order valence-electron chi connectivity index (χ4n) is 5.16. The van der Waals surface area contributed by atoms with E-state index >= 15 is 0 Å². The second kappa shape index (κ2) is 8.67. The first-order valence-corrected chi connectivity index (χ1v) is 12.1. The number of fused-ring (bicyclic) bond motifs is 3. The highest BCUT2D eigenvalue weighted by Gasteiger charge is 2.28. The van der Waals surface area contributed by atoms with Gasteiger partial charge in [-0.25, -0.2) is 9.78 Å². The van der Waals surface area contributed by atoms with Crippen LogP contribution in [0.5, 0.6) is 0 Å². The minimum atomic E-state index is -1.10. The zero-order valence-corrected chi connectivity index (χ0v) is 20.9. The summed E-state index contributed by atoms with van der Waals surface area (Å²) >= 11 is 0. The van der Waals surface area contributed by atoms with Crippen LogP contribution in [0.25, 0.3) is 33.5 Å². The van der Waals surface area contributed by atoms with Crippen molar-refractivity contribution in [3.63, 3.8) is 0 Å². The van der Waals surface area contributed by atoms with E-state index in [1.807, 2.05) is 41.9 Å². The van der Waals surface area contributed by atoms with E-state index in [0.717, 1.165) is 39.0 Å². The van der Waals surface area contributed by atoms with Gasteiger partial charge < -0.3 is 29.6 Å². The maximum absolute atomic E-state index is 13.3. The molecule has 1 atom stereocenters. The summed E-state index contributed by atoms with van der Waals surface area (Å²) in [6.45, 7) is 6.58. The highest BCUT2D eigenvalue weighted by Crippen LogP contribution is 2.33. The molecule has 2 amide bonds. The molecule has 4 aromatic rings. The van der Waals surface area contributed by atoms with E-state index in [2.05, 4.69) is 22.0 Å². The van der Waals surface area contributed by atoms with Gasteiger partial charge in [-0.15, -0.1) is 0 Å². The van der Waals surface area contributed by atoms with E-state index in [9.17, 15) is 14.7 Å². The number of para-hydroxylation sites is 1. The van der Waals surface area contributed by atoms with Crippen LogP contribution >= 0.6 is 0 Å². The summed E-state index contributed by atoms with van der Waals surface area (Å²) in [5.41, 5.74) is 4.24. The fraction of sp³-hybridized carbons (Fsp3) is 0.370. The van der Waals surface area contributed by atoms with Crippen molar-refractivity contribution < 1.29 is 19.8 Å². The van der Waals surface area contributed by atoms with Crippen LogP contribution in [0.1, 0.15) is 36.7 Å². The van der Waals surface area contributed by atoms with E-state index in [4.69, 9.17) is 10.1 Å². The molecule has 0 saturated heterocycles. The normalized spacial score (nSPS) is 14.9. The Morgan fingerprint density at radius 2 is 1.94 bits per heavy atom. The lowest BCUT2D eigenvalue weighted by atomic mass is 9.97. The number of hydrogen-bond acceptors (Lipinski definition) is 4. The van der Waals surface area contributed by atoms with Crippen LogP contribution < -0.4 is 5.32 Å². The Labute approximate surface area is 209 Å². The lowest BCUT2D eigenvalue weighted by Gasteiger charge is -2.30. The van der Waals surface area contributed by atoms with Crippen LogP contribution in [0.3, 0.4) is 0 Å². The van der Waals surface area contributed by atoms with Crippen molar-refractivity contribution in [3.05, 3.63) is 53.6 Å². The molecule has 0 saturated carbocycles. The second-order valence-electron chi connectivity index (χ2n) is 10.3. The molecule has 188 valence electrons. The van der Waals surface area contributed by atoms with E-state index in [1.54, 1.807) is 25.7 Å². The predicted molar refractivity (Wildman–Crippen MR) is 138 cm³/mol. The summed E-state index contributed by atoms with van der Waals surface area (Å²) in [6.07, 6.45) is -0.409. The van der Waals surface area contributed by atoms with Crippen LogP contribution in [0, 0.1) is 0 Å². The highest BCUT2D eigenvalue weighted by atomic mass is 16.4. The van der Waals surface area contributed by atoms with Crippen molar-refractivity contribution in [2.75, 3.05) is 13.1 Å². The van der Waals surface area contributed by atoms with E-state index in [-0.39, 0.29) is 11.9 Å². The van der Waals surface area contributed by atoms with E-state index < -0.39 is 11.7 Å². The number of benzene rings is 2. The van der Waals surface area contributed by atoms with Crippen molar-refractivity contribution in [3.8, 4) is 11.5 Å². The number of carboxylic acid groups (broad SMARTS) is 1. The number of aryl methyl sites for hydroxylation is 1. The average molecular weight is 490 g/mol. The van der Waals surface area contributed by atoms with Crippen LogP contribution in [0.2, 0.25) is 0 Å². The van der Waals surface area contributed by atoms with Gasteiger partial charge in [0.25, 0.3) is 5.91 Å². The molecule has 0 aliphatic carbocycles. The number of amides is 2. The van der Waals surface area contributed by atoms with Crippen LogP contribution in [0.4, 0.5) is 4.79 Å². The molecule has 2 aromatic carbocycles. The molecule has 0 radical (unpaired) electrons. The Balaban J connectivity index is 1.56. The first-order chi connectivity index (χ1) is 17.0. The maximum Gasteiger partial charge on any atom is 0.404 e. The van der Waals surface area contributed by atoms with Gasteiger partial charge in [0.15, 0.2) is 5.82 Å². The molecule has 9 nitrogen and oxygen atoms in total. The summed E-state index contributed by atoms with van der Waals surface area (Å²) in [7, 11) is 1.97. The molecule has 2 aromatic heterocycles. The number of aliphatic hydroxyl groups is 1. The highest BCUT2D eigenvalue weighted by molar-refractivity contribution is 6.00. The molecule has 36 heavy (non-hydrogen) atoms. The van der Waals surface area contributed by atoms with Gasteiger partial charge in [-0.1, -0.05) is 18.2 Å². The number of aromatic nitrogens is 3. The van der Waals surface area contributed by atoms with Gasteiger partial charge in [-0.05, 0) is 57.0 Å². The van der Waals surface area contributed by atoms with Crippen molar-refractivity contribution >= 4 is 33.9 Å². The molecule has 0 spiro atoms. The van der Waals surface area contributed by atoms with Crippen molar-refractivity contribution in [2.24, 2.45) is 7.05 Å². The Kier molecular flexibility index (Phi) is 5.75. The molecule has 3 N–H and O–H groups in total. The minimum Gasteiger partial charge on any atom is -0.465 e. The fourth-order valence-corrected chi connectivity index (χ4v) is 5.16. The quantitative estimate of drug-likeness (QED) is 0.383. The summed E-state index contributed by atoms with van der Waals surface area (Å²) in [5.74, 6) is 0.650. The number of imidazole rings is 1. The smallest absolute Gasteiger partial charge is 0.404 e. The summed E-state index contributed by atoms with van der Waals surface area (Å²) in [5, 5.41) is 23.1. The maximum atomic E-state index is 13.3. The van der Waals surface area contributed by atoms with Gasteiger partial charge in [0.1, 0.15) is 0 Å². The van der Waals surface area contributed by atoms with Gasteiger partial charge in [-0.2, -0.15) is 0 Å². The molecule has 9 heteroatoms. The third-order valence-corrected chi connectivity index (χ3v) is 6.72. The summed E-state index contributed by atoms with van der Waals surface area (Å²) < 4.78 is 4.14. The molecule has 0 bridgehead atoms. The molecule has 1 aliphatic rings. The molecule has 5 rings (SSSR count). The van der Waals surface area contributed by atoms with E-state index in [0.29, 0.717) is 31.6 Å². The zero-order valence-electron chi connectivity index (χ0n) is 20.9. The van der Waals surface area contributed by atoms with Crippen LogP contribution in [0.15, 0.2) is 42.5 Å². The Morgan fingerprint density at radius 1 is 1.19 bits per heavy atom. The Morgan fingerprint density at radius 3 is 2.67 bits per heavy atom. The molecule has 0 fully saturated rings. The van der Waals surface area contributed by atoms with Crippen molar-refractivity contribution in [1.82, 2.24) is 24.3 Å². The van der Waals surface area contributed by atoms with Crippen molar-refractivity contribution in [1.29, 1.82) is 0 Å². The Hall–Kier alpha value is -3.85. The zero-order chi connectivity index (χ0) is 25.8. The van der Waals surface area contributed by atoms with Gasteiger partial charge in [-0.3, -0.25) is 4.79 Å². The van der Waals surface area contributed by atoms with Crippen LogP contribution in [-0.2, 0) is 20.0 Å². The minimum absolute atomic E-state index is 0.111. The number of nitrogens with one attached hydrogen (secondary N) is 1. The van der Waals surface area contributed by atoms with Gasteiger partial charge in [0, 0.05) is 42.6 Å². The third-order valence-electron chi connectivity index (χ3n) is 6.72. The Bertz CT molecular complexity index is 1490. The largest absolute Gasteiger partial charge is 0.465 e. The molecular weight excluding hydrogens is 458 g/mol.